The van der Waals surface area contributed by atoms with Gasteiger partial charge < -0.3 is 10.6 Å². The Balaban J connectivity index is 0.00000312. The Labute approximate surface area is 166 Å². The van der Waals surface area contributed by atoms with E-state index in [1.807, 2.05) is 6.92 Å². The van der Waals surface area contributed by atoms with Crippen LogP contribution >= 0.6 is 24.0 Å². The predicted octanol–water partition coefficient (Wildman–Crippen LogP) is 3.51. The molecule has 142 valence electrons. The molecule has 4 nitrogen and oxygen atoms in total. The monoisotopic (exact) mass is 466 g/mol. The van der Waals surface area contributed by atoms with E-state index in [0.29, 0.717) is 12.0 Å². The summed E-state index contributed by atoms with van der Waals surface area (Å²) in [5.41, 5.74) is 0.264. The smallest absolute Gasteiger partial charge is 0.191 e. The zero-order valence-corrected chi connectivity index (χ0v) is 17.4. The molecule has 1 saturated heterocycles. The molecule has 0 spiro atoms. The molecule has 1 aromatic carbocycles. The zero-order chi connectivity index (χ0) is 17.4. The summed E-state index contributed by atoms with van der Waals surface area (Å²) >= 11 is 0. The minimum Gasteiger partial charge on any atom is -0.357 e. The first-order chi connectivity index (χ1) is 11.6. The second-order valence-electron chi connectivity index (χ2n) is 6.09. The van der Waals surface area contributed by atoms with Crippen molar-refractivity contribution >= 4 is 29.9 Å². The summed E-state index contributed by atoms with van der Waals surface area (Å²) in [6, 6.07) is 3.96. The lowest BCUT2D eigenvalue weighted by Crippen LogP contribution is -2.49. The maximum absolute atomic E-state index is 13.7. The van der Waals surface area contributed by atoms with E-state index in [1.165, 1.54) is 25.3 Å². The molecular formula is C18H29F2IN4. The Morgan fingerprint density at radius 1 is 1.24 bits per heavy atom. The topological polar surface area (TPSA) is 39.7 Å². The van der Waals surface area contributed by atoms with E-state index in [9.17, 15) is 8.78 Å². The maximum atomic E-state index is 13.7. The lowest BCUT2D eigenvalue weighted by atomic mass is 10.0. The van der Waals surface area contributed by atoms with E-state index in [1.54, 1.807) is 0 Å². The van der Waals surface area contributed by atoms with E-state index in [0.717, 1.165) is 38.3 Å². The molecule has 0 aromatic heterocycles. The average molecular weight is 466 g/mol. The van der Waals surface area contributed by atoms with Gasteiger partial charge >= 0.3 is 0 Å². The summed E-state index contributed by atoms with van der Waals surface area (Å²) in [6.45, 7) is 8.01. The van der Waals surface area contributed by atoms with Crippen LogP contribution in [0.5, 0.6) is 0 Å². The molecule has 0 saturated carbocycles. The molecule has 2 N–H and O–H groups in total. The second kappa shape index (κ2) is 11.6. The van der Waals surface area contributed by atoms with Gasteiger partial charge in [-0.05, 0) is 51.1 Å². The average Bonchev–Trinajstić information content (AvgIpc) is 2.60. The molecule has 1 atom stereocenters. The number of likely N-dealkylation sites (N-methyl/N-ethyl adjacent to an activating group) is 1. The molecule has 0 amide bonds. The highest BCUT2D eigenvalue weighted by Gasteiger charge is 2.20. The number of rotatable bonds is 6. The molecule has 1 aliphatic rings. The summed E-state index contributed by atoms with van der Waals surface area (Å²) in [4.78, 5) is 6.87. The highest BCUT2D eigenvalue weighted by atomic mass is 127. The fraction of sp³-hybridized carbons (Fsp3) is 0.611. The van der Waals surface area contributed by atoms with Crippen LogP contribution in [0, 0.1) is 11.6 Å². The summed E-state index contributed by atoms with van der Waals surface area (Å²) < 4.78 is 26.9. The van der Waals surface area contributed by atoms with Crippen LogP contribution in [-0.4, -0.2) is 43.1 Å². The van der Waals surface area contributed by atoms with Crippen molar-refractivity contribution in [3.05, 3.63) is 35.4 Å². The number of guanidine groups is 1. The molecule has 1 fully saturated rings. The van der Waals surface area contributed by atoms with Crippen LogP contribution < -0.4 is 10.6 Å². The van der Waals surface area contributed by atoms with E-state index in [-0.39, 0.29) is 36.1 Å². The molecule has 1 unspecified atom stereocenters. The van der Waals surface area contributed by atoms with E-state index in [2.05, 4.69) is 27.4 Å². The van der Waals surface area contributed by atoms with Crippen LogP contribution in [0.15, 0.2) is 23.2 Å². The Bertz CT molecular complexity index is 554. The van der Waals surface area contributed by atoms with Crippen molar-refractivity contribution < 1.29 is 8.78 Å². The van der Waals surface area contributed by atoms with Crippen molar-refractivity contribution in [1.82, 2.24) is 15.5 Å². The first kappa shape index (κ1) is 22.1. The van der Waals surface area contributed by atoms with E-state index >= 15 is 0 Å². The lowest BCUT2D eigenvalue weighted by Gasteiger charge is -2.35. The van der Waals surface area contributed by atoms with Gasteiger partial charge in [0, 0.05) is 24.7 Å². The summed E-state index contributed by atoms with van der Waals surface area (Å²) in [7, 11) is 0. The van der Waals surface area contributed by atoms with Crippen molar-refractivity contribution in [2.45, 2.75) is 45.7 Å². The summed E-state index contributed by atoms with van der Waals surface area (Å²) in [6.07, 6.45) is 3.70. The van der Waals surface area contributed by atoms with Crippen LogP contribution in [0.25, 0.3) is 0 Å². The molecule has 0 radical (unpaired) electrons. The van der Waals surface area contributed by atoms with Gasteiger partial charge in [-0.25, -0.2) is 13.8 Å². The van der Waals surface area contributed by atoms with Gasteiger partial charge in [0.2, 0.25) is 0 Å². The number of likely N-dealkylation sites (tertiary alicyclic amines) is 1. The zero-order valence-electron chi connectivity index (χ0n) is 15.0. The van der Waals surface area contributed by atoms with Gasteiger partial charge in [-0.1, -0.05) is 13.3 Å². The highest BCUT2D eigenvalue weighted by Crippen LogP contribution is 2.15. The largest absolute Gasteiger partial charge is 0.357 e. The molecule has 25 heavy (non-hydrogen) atoms. The third-order valence-electron chi connectivity index (χ3n) is 4.42. The fourth-order valence-electron chi connectivity index (χ4n) is 3.09. The quantitative estimate of drug-likeness (QED) is 0.383. The van der Waals surface area contributed by atoms with Crippen molar-refractivity contribution in [3.8, 4) is 0 Å². The fourth-order valence-corrected chi connectivity index (χ4v) is 3.09. The Morgan fingerprint density at radius 2 is 2.04 bits per heavy atom. The minimum absolute atomic E-state index is 0. The standard InChI is InChI=1S/C18H28F2N4.HI/c1-3-21-18(22-12-14-11-15(19)8-9-17(14)20)23-13-16-7-5-6-10-24(16)4-2;/h8-9,11,16H,3-7,10,12-13H2,1-2H3,(H2,21,22,23);1H. The van der Waals surface area contributed by atoms with Crippen molar-refractivity contribution in [2.24, 2.45) is 4.99 Å². The van der Waals surface area contributed by atoms with Gasteiger partial charge in [0.15, 0.2) is 5.96 Å². The minimum atomic E-state index is -0.444. The van der Waals surface area contributed by atoms with Crippen LogP contribution in [0.2, 0.25) is 0 Å². The lowest BCUT2D eigenvalue weighted by molar-refractivity contribution is 0.157. The Kier molecular flexibility index (Phi) is 10.3. The summed E-state index contributed by atoms with van der Waals surface area (Å²) in [5, 5.41) is 6.50. The van der Waals surface area contributed by atoms with Crippen LogP contribution in [0.4, 0.5) is 8.78 Å². The van der Waals surface area contributed by atoms with Gasteiger partial charge in [0.25, 0.3) is 0 Å². The van der Waals surface area contributed by atoms with E-state index in [4.69, 9.17) is 0 Å². The number of benzene rings is 1. The molecule has 2 rings (SSSR count). The van der Waals surface area contributed by atoms with Crippen LogP contribution in [0.3, 0.4) is 0 Å². The second-order valence-corrected chi connectivity index (χ2v) is 6.09. The molecule has 7 heteroatoms. The molecule has 1 aromatic rings. The number of hydrogen-bond acceptors (Lipinski definition) is 2. The number of hydrogen-bond donors (Lipinski definition) is 2. The highest BCUT2D eigenvalue weighted by molar-refractivity contribution is 14.0. The van der Waals surface area contributed by atoms with Gasteiger partial charge in [0.1, 0.15) is 11.6 Å². The van der Waals surface area contributed by atoms with Gasteiger partial charge in [-0.3, -0.25) is 4.90 Å². The predicted molar refractivity (Wildman–Crippen MR) is 109 cm³/mol. The summed E-state index contributed by atoms with van der Waals surface area (Å²) in [5.74, 6) is -0.233. The van der Waals surface area contributed by atoms with Gasteiger partial charge in [0.05, 0.1) is 6.54 Å². The van der Waals surface area contributed by atoms with Crippen molar-refractivity contribution in [2.75, 3.05) is 26.2 Å². The normalized spacial score (nSPS) is 18.6. The third-order valence-corrected chi connectivity index (χ3v) is 4.42. The van der Waals surface area contributed by atoms with Crippen LogP contribution in [0.1, 0.15) is 38.7 Å². The molecule has 0 bridgehead atoms. The number of halogens is 3. The SMILES string of the molecule is CCNC(=NCc1cc(F)ccc1F)NCC1CCCCN1CC.I. The first-order valence-corrected chi connectivity index (χ1v) is 8.84. The Hall–Kier alpha value is -0.960. The number of nitrogens with one attached hydrogen (secondary N) is 2. The van der Waals surface area contributed by atoms with Gasteiger partial charge in [-0.2, -0.15) is 0 Å². The van der Waals surface area contributed by atoms with Crippen molar-refractivity contribution in [1.29, 1.82) is 0 Å². The maximum Gasteiger partial charge on any atom is 0.191 e. The molecule has 1 heterocycles. The van der Waals surface area contributed by atoms with Gasteiger partial charge in [-0.15, -0.1) is 24.0 Å². The molecule has 0 aliphatic carbocycles. The molecular weight excluding hydrogens is 437 g/mol. The number of piperidine rings is 1. The number of nitrogens with zero attached hydrogens (tertiary/aromatic N) is 2. The first-order valence-electron chi connectivity index (χ1n) is 8.84. The number of aliphatic imine (C=N–C) groups is 1. The van der Waals surface area contributed by atoms with Crippen LogP contribution in [-0.2, 0) is 6.54 Å². The van der Waals surface area contributed by atoms with Crippen molar-refractivity contribution in [3.63, 3.8) is 0 Å². The Morgan fingerprint density at radius 3 is 2.76 bits per heavy atom. The third kappa shape index (κ3) is 7.05. The van der Waals surface area contributed by atoms with E-state index < -0.39 is 11.6 Å². The molecule has 1 aliphatic heterocycles.